The smallest absolute Gasteiger partial charge is 0.237 e. The molecule has 0 spiro atoms. The zero-order chi connectivity index (χ0) is 12.1. The molecule has 4 N–H and O–H groups in total. The zero-order valence-corrected chi connectivity index (χ0v) is 10.6. The summed E-state index contributed by atoms with van der Waals surface area (Å²) in [4.78, 5) is 11.9. The van der Waals surface area contributed by atoms with Crippen molar-refractivity contribution in [2.24, 2.45) is 11.7 Å². The van der Waals surface area contributed by atoms with Gasteiger partial charge in [0.2, 0.25) is 5.91 Å². The summed E-state index contributed by atoms with van der Waals surface area (Å²) in [5, 5.41) is 6.54. The first-order valence-electron chi connectivity index (χ1n) is 7.05. The monoisotopic (exact) mass is 239 g/mol. The van der Waals surface area contributed by atoms with Crippen LogP contribution in [0, 0.1) is 5.92 Å². The van der Waals surface area contributed by atoms with Gasteiger partial charge in [0.1, 0.15) is 0 Å². The van der Waals surface area contributed by atoms with Crippen LogP contribution in [-0.4, -0.2) is 31.1 Å². The van der Waals surface area contributed by atoms with Gasteiger partial charge in [0, 0.05) is 12.6 Å². The minimum absolute atomic E-state index is 0.00894. The molecule has 3 unspecified atom stereocenters. The Balaban J connectivity index is 1.90. The fourth-order valence-corrected chi connectivity index (χ4v) is 3.07. The molecule has 0 radical (unpaired) electrons. The van der Waals surface area contributed by atoms with Gasteiger partial charge >= 0.3 is 0 Å². The summed E-state index contributed by atoms with van der Waals surface area (Å²) in [6.45, 7) is 1.58. The SMILES string of the molecule is NCC1CCCCC1NC1CCCCNC1=O. The lowest BCUT2D eigenvalue weighted by atomic mass is 9.84. The van der Waals surface area contributed by atoms with Crippen LogP contribution in [0.1, 0.15) is 44.9 Å². The van der Waals surface area contributed by atoms with Crippen molar-refractivity contribution in [1.82, 2.24) is 10.6 Å². The molecule has 1 heterocycles. The largest absolute Gasteiger partial charge is 0.355 e. The van der Waals surface area contributed by atoms with E-state index in [4.69, 9.17) is 5.73 Å². The summed E-state index contributed by atoms with van der Waals surface area (Å²) in [6, 6.07) is 0.456. The lowest BCUT2D eigenvalue weighted by molar-refractivity contribution is -0.123. The second kappa shape index (κ2) is 6.36. The molecule has 0 aromatic carbocycles. The second-order valence-corrected chi connectivity index (χ2v) is 5.39. The van der Waals surface area contributed by atoms with E-state index in [1.165, 1.54) is 25.7 Å². The molecule has 4 nitrogen and oxygen atoms in total. The summed E-state index contributed by atoms with van der Waals surface area (Å²) in [7, 11) is 0. The van der Waals surface area contributed by atoms with Crippen molar-refractivity contribution in [1.29, 1.82) is 0 Å². The van der Waals surface area contributed by atoms with E-state index in [2.05, 4.69) is 10.6 Å². The fraction of sp³-hybridized carbons (Fsp3) is 0.923. The Bertz CT molecular complexity index is 257. The Kier molecular flexibility index (Phi) is 4.80. The third-order valence-corrected chi connectivity index (χ3v) is 4.16. The summed E-state index contributed by atoms with van der Waals surface area (Å²) < 4.78 is 0. The van der Waals surface area contributed by atoms with Crippen molar-refractivity contribution in [3.63, 3.8) is 0 Å². The van der Waals surface area contributed by atoms with Gasteiger partial charge in [-0.15, -0.1) is 0 Å². The average molecular weight is 239 g/mol. The van der Waals surface area contributed by atoms with Crippen LogP contribution in [0.3, 0.4) is 0 Å². The molecule has 17 heavy (non-hydrogen) atoms. The molecule has 1 amide bonds. The van der Waals surface area contributed by atoms with Gasteiger partial charge in [-0.2, -0.15) is 0 Å². The number of hydrogen-bond acceptors (Lipinski definition) is 3. The van der Waals surface area contributed by atoms with E-state index in [-0.39, 0.29) is 11.9 Å². The van der Waals surface area contributed by atoms with Gasteiger partial charge in [0.05, 0.1) is 6.04 Å². The predicted octanol–water partition coefficient (Wildman–Crippen LogP) is 0.762. The molecule has 2 aliphatic rings. The first kappa shape index (κ1) is 12.8. The van der Waals surface area contributed by atoms with Crippen LogP contribution in [0.15, 0.2) is 0 Å². The van der Waals surface area contributed by atoms with E-state index < -0.39 is 0 Å². The number of rotatable bonds is 3. The molecule has 4 heteroatoms. The van der Waals surface area contributed by atoms with Crippen LogP contribution < -0.4 is 16.4 Å². The number of amides is 1. The van der Waals surface area contributed by atoms with Gasteiger partial charge in [-0.1, -0.05) is 12.8 Å². The third-order valence-electron chi connectivity index (χ3n) is 4.16. The molecule has 1 aliphatic carbocycles. The fourth-order valence-electron chi connectivity index (χ4n) is 3.07. The standard InChI is InChI=1S/C13H25N3O/c14-9-10-5-1-2-6-11(10)16-12-7-3-4-8-15-13(12)17/h10-12,16H,1-9,14H2,(H,15,17). The van der Waals surface area contributed by atoms with Gasteiger partial charge in [0.15, 0.2) is 0 Å². The van der Waals surface area contributed by atoms with Crippen molar-refractivity contribution >= 4 is 5.91 Å². The molecule has 0 bridgehead atoms. The number of nitrogens with two attached hydrogens (primary N) is 1. The van der Waals surface area contributed by atoms with Crippen LogP contribution in [-0.2, 0) is 4.79 Å². The molecule has 1 aliphatic heterocycles. The maximum Gasteiger partial charge on any atom is 0.237 e. The predicted molar refractivity (Wildman–Crippen MR) is 68.6 cm³/mol. The number of hydrogen-bond donors (Lipinski definition) is 3. The molecule has 98 valence electrons. The molecule has 3 atom stereocenters. The van der Waals surface area contributed by atoms with E-state index in [1.807, 2.05) is 0 Å². The van der Waals surface area contributed by atoms with Gasteiger partial charge in [-0.05, 0) is 44.6 Å². The summed E-state index contributed by atoms with van der Waals surface area (Å²) in [5.41, 5.74) is 5.82. The van der Waals surface area contributed by atoms with Gasteiger partial charge < -0.3 is 16.4 Å². The van der Waals surface area contributed by atoms with Crippen molar-refractivity contribution in [3.8, 4) is 0 Å². The average Bonchev–Trinajstić information content (AvgIpc) is 2.56. The lowest BCUT2D eigenvalue weighted by Crippen LogP contribution is -2.51. The topological polar surface area (TPSA) is 67.2 Å². The van der Waals surface area contributed by atoms with E-state index in [9.17, 15) is 4.79 Å². The molecule has 1 saturated carbocycles. The normalized spacial score (nSPS) is 35.1. The Labute approximate surface area is 104 Å². The van der Waals surface area contributed by atoms with Crippen molar-refractivity contribution < 1.29 is 4.79 Å². The van der Waals surface area contributed by atoms with E-state index in [0.717, 1.165) is 32.4 Å². The quantitative estimate of drug-likeness (QED) is 0.681. The Morgan fingerprint density at radius 2 is 1.94 bits per heavy atom. The van der Waals surface area contributed by atoms with Gasteiger partial charge in [-0.25, -0.2) is 0 Å². The maximum atomic E-state index is 11.9. The highest BCUT2D eigenvalue weighted by atomic mass is 16.2. The van der Waals surface area contributed by atoms with E-state index in [1.54, 1.807) is 0 Å². The molecular weight excluding hydrogens is 214 g/mol. The molecule has 2 rings (SSSR count). The van der Waals surface area contributed by atoms with E-state index in [0.29, 0.717) is 12.0 Å². The maximum absolute atomic E-state index is 11.9. The molecule has 2 fully saturated rings. The first-order chi connectivity index (χ1) is 8.31. The van der Waals surface area contributed by atoms with Gasteiger partial charge in [0.25, 0.3) is 0 Å². The van der Waals surface area contributed by atoms with E-state index >= 15 is 0 Å². The molecule has 0 aromatic heterocycles. The summed E-state index contributed by atoms with van der Waals surface area (Å²) in [5.74, 6) is 0.739. The number of carbonyl (C=O) groups excluding carboxylic acids is 1. The van der Waals surface area contributed by atoms with Crippen LogP contribution >= 0.6 is 0 Å². The van der Waals surface area contributed by atoms with Gasteiger partial charge in [-0.3, -0.25) is 4.79 Å². The molecule has 0 aromatic rings. The first-order valence-corrected chi connectivity index (χ1v) is 7.05. The number of nitrogens with one attached hydrogen (secondary N) is 2. The lowest BCUT2D eigenvalue weighted by Gasteiger charge is -2.34. The highest BCUT2D eigenvalue weighted by Crippen LogP contribution is 2.24. The highest BCUT2D eigenvalue weighted by Gasteiger charge is 2.29. The van der Waals surface area contributed by atoms with Crippen molar-refractivity contribution in [2.75, 3.05) is 13.1 Å². The Hall–Kier alpha value is -0.610. The minimum Gasteiger partial charge on any atom is -0.355 e. The second-order valence-electron chi connectivity index (χ2n) is 5.39. The Morgan fingerprint density at radius 1 is 1.18 bits per heavy atom. The molecular formula is C13H25N3O. The van der Waals surface area contributed by atoms with Crippen molar-refractivity contribution in [3.05, 3.63) is 0 Å². The third kappa shape index (κ3) is 3.42. The molecule has 1 saturated heterocycles. The van der Waals surface area contributed by atoms with Crippen molar-refractivity contribution in [2.45, 2.75) is 57.0 Å². The minimum atomic E-state index is 0.00894. The van der Waals surface area contributed by atoms with Crippen LogP contribution in [0.5, 0.6) is 0 Å². The van der Waals surface area contributed by atoms with Crippen LogP contribution in [0.2, 0.25) is 0 Å². The van der Waals surface area contributed by atoms with Crippen LogP contribution in [0.25, 0.3) is 0 Å². The Morgan fingerprint density at radius 3 is 2.76 bits per heavy atom. The summed E-state index contributed by atoms with van der Waals surface area (Å²) >= 11 is 0. The number of carbonyl (C=O) groups is 1. The zero-order valence-electron chi connectivity index (χ0n) is 10.6. The van der Waals surface area contributed by atoms with Crippen LogP contribution in [0.4, 0.5) is 0 Å². The highest BCUT2D eigenvalue weighted by molar-refractivity contribution is 5.81. The summed E-state index contributed by atoms with van der Waals surface area (Å²) in [6.07, 6.45) is 8.15.